The SMILES string of the molecule is O=CNS(=O)(=O)[CH]S(=O)(=O)NC=O. The van der Waals surface area contributed by atoms with Crippen LogP contribution in [0.15, 0.2) is 0 Å². The van der Waals surface area contributed by atoms with Crippen molar-refractivity contribution in [3.8, 4) is 0 Å². The van der Waals surface area contributed by atoms with Gasteiger partial charge in [-0.3, -0.25) is 19.0 Å². The molecule has 0 spiro atoms. The topological polar surface area (TPSA) is 126 Å². The maximum Gasteiger partial charge on any atom is 0.256 e. The van der Waals surface area contributed by atoms with Crippen molar-refractivity contribution in [1.29, 1.82) is 0 Å². The van der Waals surface area contributed by atoms with Crippen LogP contribution in [0.5, 0.6) is 0 Å². The lowest BCUT2D eigenvalue weighted by Gasteiger charge is -2.00. The van der Waals surface area contributed by atoms with Crippen LogP contribution in [0, 0.1) is 5.08 Å². The second-order valence-electron chi connectivity index (χ2n) is 1.66. The van der Waals surface area contributed by atoms with Gasteiger partial charge >= 0.3 is 0 Å². The minimum absolute atomic E-state index is 0.192. The zero-order valence-electron chi connectivity index (χ0n) is 6.00. The van der Waals surface area contributed by atoms with Crippen molar-refractivity contribution in [2.24, 2.45) is 0 Å². The van der Waals surface area contributed by atoms with Gasteiger partial charge in [0.15, 0.2) is 0 Å². The molecule has 0 bridgehead atoms. The number of hydrogen-bond acceptors (Lipinski definition) is 6. The summed E-state index contributed by atoms with van der Waals surface area (Å²) in [5.41, 5.74) is 0. The molecule has 8 nitrogen and oxygen atoms in total. The lowest BCUT2D eigenvalue weighted by atomic mass is 11.5. The Morgan fingerprint density at radius 1 is 0.769 bits per heavy atom. The molecule has 0 aliphatic heterocycles. The van der Waals surface area contributed by atoms with Crippen molar-refractivity contribution in [1.82, 2.24) is 9.44 Å². The summed E-state index contributed by atoms with van der Waals surface area (Å²) in [5, 5.41) is -0.192. The average molecular weight is 229 g/mol. The van der Waals surface area contributed by atoms with Gasteiger partial charge in [0.2, 0.25) is 17.9 Å². The number of hydrogen-bond donors (Lipinski definition) is 2. The Morgan fingerprint density at radius 2 is 1.08 bits per heavy atom. The molecule has 10 heteroatoms. The van der Waals surface area contributed by atoms with E-state index in [0.29, 0.717) is 0 Å². The Kier molecular flexibility index (Phi) is 3.81. The Hall–Kier alpha value is -1.16. The number of sulfonamides is 2. The smallest absolute Gasteiger partial charge is 0.256 e. The van der Waals surface area contributed by atoms with Crippen LogP contribution in [-0.4, -0.2) is 29.7 Å². The summed E-state index contributed by atoms with van der Waals surface area (Å²) in [6, 6.07) is 0. The number of rotatable bonds is 6. The Morgan fingerprint density at radius 3 is 1.31 bits per heavy atom. The lowest BCUT2D eigenvalue weighted by molar-refractivity contribution is -0.108. The molecule has 0 aromatic heterocycles. The molecule has 0 aliphatic rings. The van der Waals surface area contributed by atoms with Crippen molar-refractivity contribution in [3.63, 3.8) is 0 Å². The fourth-order valence-electron chi connectivity index (χ4n) is 0.356. The summed E-state index contributed by atoms with van der Waals surface area (Å²) in [6.07, 6.45) is -0.412. The van der Waals surface area contributed by atoms with Crippen LogP contribution in [0.1, 0.15) is 0 Å². The molecule has 0 atom stereocenters. The van der Waals surface area contributed by atoms with E-state index < -0.39 is 20.0 Å². The molecule has 0 saturated heterocycles. The second kappa shape index (κ2) is 4.18. The van der Waals surface area contributed by atoms with E-state index in [1.165, 1.54) is 9.44 Å². The Bertz CT molecular complexity index is 342. The molecule has 1 radical (unpaired) electrons. The molecule has 0 saturated carbocycles. The molecule has 0 heterocycles. The minimum Gasteiger partial charge on any atom is -0.278 e. The van der Waals surface area contributed by atoms with E-state index in [4.69, 9.17) is 0 Å². The highest BCUT2D eigenvalue weighted by molar-refractivity contribution is 8.10. The maximum absolute atomic E-state index is 10.6. The Labute approximate surface area is 74.4 Å². The van der Waals surface area contributed by atoms with Crippen LogP contribution in [0.2, 0.25) is 0 Å². The summed E-state index contributed by atoms with van der Waals surface area (Å²) in [6.45, 7) is 0. The Balaban J connectivity index is 4.62. The van der Waals surface area contributed by atoms with Gasteiger partial charge in [-0.05, 0) is 0 Å². The quantitative estimate of drug-likeness (QED) is 0.476. The van der Waals surface area contributed by atoms with Crippen LogP contribution in [0.25, 0.3) is 0 Å². The minimum atomic E-state index is -4.36. The van der Waals surface area contributed by atoms with Gasteiger partial charge < -0.3 is 0 Å². The van der Waals surface area contributed by atoms with Gasteiger partial charge in [-0.1, -0.05) is 0 Å². The van der Waals surface area contributed by atoms with E-state index in [0.717, 1.165) is 0 Å². The van der Waals surface area contributed by atoms with Crippen LogP contribution in [0.4, 0.5) is 0 Å². The van der Waals surface area contributed by atoms with Crippen LogP contribution < -0.4 is 9.44 Å². The first-order chi connectivity index (χ1) is 5.83. The maximum atomic E-state index is 10.6. The molecule has 2 N–H and O–H groups in total. The number of carbonyl (C=O) groups excluding carboxylic acids is 2. The van der Waals surface area contributed by atoms with Gasteiger partial charge in [-0.15, -0.1) is 0 Å². The van der Waals surface area contributed by atoms with Crippen molar-refractivity contribution in [2.45, 2.75) is 0 Å². The molecule has 0 unspecified atom stereocenters. The van der Waals surface area contributed by atoms with E-state index in [-0.39, 0.29) is 17.9 Å². The average Bonchev–Trinajstić information content (AvgIpc) is 1.82. The largest absolute Gasteiger partial charge is 0.278 e. The van der Waals surface area contributed by atoms with E-state index in [9.17, 15) is 26.4 Å². The summed E-state index contributed by atoms with van der Waals surface area (Å²) >= 11 is 0. The molecule has 0 aliphatic carbocycles. The predicted molar refractivity (Wildman–Crippen MR) is 40.5 cm³/mol. The van der Waals surface area contributed by atoms with E-state index in [2.05, 4.69) is 0 Å². The molecule has 0 aromatic rings. The van der Waals surface area contributed by atoms with E-state index >= 15 is 0 Å². The third-order valence-electron chi connectivity index (χ3n) is 0.678. The normalized spacial score (nSPS) is 11.7. The van der Waals surface area contributed by atoms with Gasteiger partial charge in [0.05, 0.1) is 0 Å². The van der Waals surface area contributed by atoms with Crippen LogP contribution in [-0.2, 0) is 29.6 Å². The summed E-state index contributed by atoms with van der Waals surface area (Å²) < 4.78 is 44.8. The summed E-state index contributed by atoms with van der Waals surface area (Å²) in [4.78, 5) is 19.3. The fourth-order valence-corrected chi connectivity index (χ4v) is 2.40. The first-order valence-electron chi connectivity index (χ1n) is 2.60. The van der Waals surface area contributed by atoms with Crippen molar-refractivity contribution >= 4 is 32.9 Å². The lowest BCUT2D eigenvalue weighted by Crippen LogP contribution is -2.31. The molecule has 75 valence electrons. The van der Waals surface area contributed by atoms with Crippen LogP contribution in [0.3, 0.4) is 0 Å². The predicted octanol–water partition coefficient (Wildman–Crippen LogP) is -2.74. The van der Waals surface area contributed by atoms with E-state index in [1.807, 2.05) is 0 Å². The fraction of sp³-hybridized carbons (Fsp3) is 0. The number of amides is 2. The van der Waals surface area contributed by atoms with Crippen molar-refractivity contribution < 1.29 is 26.4 Å². The summed E-state index contributed by atoms with van der Waals surface area (Å²) in [5.74, 6) is 0. The molecular weight excluding hydrogens is 224 g/mol. The summed E-state index contributed by atoms with van der Waals surface area (Å²) in [7, 11) is -8.73. The highest BCUT2D eigenvalue weighted by Crippen LogP contribution is 1.96. The zero-order valence-corrected chi connectivity index (χ0v) is 7.63. The highest BCUT2D eigenvalue weighted by Gasteiger charge is 2.21. The first kappa shape index (κ1) is 11.8. The zero-order chi connectivity index (χ0) is 10.5. The second-order valence-corrected chi connectivity index (χ2v) is 5.08. The molecule has 2 amide bonds. The molecule has 0 fully saturated rings. The highest BCUT2D eigenvalue weighted by atomic mass is 32.3. The first-order valence-corrected chi connectivity index (χ1v) is 5.69. The monoisotopic (exact) mass is 229 g/mol. The van der Waals surface area contributed by atoms with Gasteiger partial charge in [-0.2, -0.15) is 0 Å². The van der Waals surface area contributed by atoms with Crippen molar-refractivity contribution in [2.75, 3.05) is 0 Å². The van der Waals surface area contributed by atoms with Gasteiger partial charge in [0.25, 0.3) is 20.0 Å². The van der Waals surface area contributed by atoms with E-state index in [1.54, 1.807) is 0 Å². The van der Waals surface area contributed by atoms with Gasteiger partial charge in [0, 0.05) is 0 Å². The van der Waals surface area contributed by atoms with Crippen LogP contribution >= 0.6 is 0 Å². The standard InChI is InChI=1S/C3H5N2O6S2/c6-1-4-12(8,9)3-13(10,11)5-2-7/h1-3H,(H,4,6)(H,5,7). The molecule has 13 heavy (non-hydrogen) atoms. The van der Waals surface area contributed by atoms with Gasteiger partial charge in [-0.25, -0.2) is 16.8 Å². The molecule has 0 rings (SSSR count). The third kappa shape index (κ3) is 5.14. The molecular formula is C3H5N2O6S2. The van der Waals surface area contributed by atoms with Gasteiger partial charge in [0.1, 0.15) is 0 Å². The number of nitrogens with one attached hydrogen (secondary N) is 2. The third-order valence-corrected chi connectivity index (χ3v) is 3.55. The number of carbonyl (C=O) groups is 2. The molecule has 0 aromatic carbocycles. The van der Waals surface area contributed by atoms with Crippen molar-refractivity contribution in [3.05, 3.63) is 5.08 Å².